The van der Waals surface area contributed by atoms with Crippen molar-refractivity contribution in [3.63, 3.8) is 0 Å². The first-order valence-electron chi connectivity index (χ1n) is 10.1. The minimum absolute atomic E-state index is 0.0479. The highest BCUT2D eigenvalue weighted by molar-refractivity contribution is 7.26. The first kappa shape index (κ1) is 18.0. The summed E-state index contributed by atoms with van der Waals surface area (Å²) >= 11 is 3.59. The van der Waals surface area contributed by atoms with Crippen LogP contribution in [0.2, 0.25) is 0 Å². The summed E-state index contributed by atoms with van der Waals surface area (Å²) in [4.78, 5) is 9.44. The van der Waals surface area contributed by atoms with E-state index in [0.29, 0.717) is 0 Å². The molecule has 0 radical (unpaired) electrons. The third kappa shape index (κ3) is 2.68. The van der Waals surface area contributed by atoms with E-state index in [1.165, 1.54) is 46.8 Å². The monoisotopic (exact) mass is 424 g/mol. The number of fused-ring (bicyclic) bond motifs is 5. The van der Waals surface area contributed by atoms with Crippen LogP contribution in [0.5, 0.6) is 0 Å². The molecule has 3 heterocycles. The maximum atomic E-state index is 4.76. The van der Waals surface area contributed by atoms with Crippen molar-refractivity contribution >= 4 is 63.8 Å². The van der Waals surface area contributed by atoms with Gasteiger partial charge >= 0.3 is 0 Å². The van der Waals surface area contributed by atoms with Crippen LogP contribution >= 0.6 is 22.7 Å². The molecule has 0 spiro atoms. The van der Waals surface area contributed by atoms with Crippen LogP contribution in [-0.2, 0) is 5.41 Å². The molecule has 0 aliphatic carbocycles. The Kier molecular flexibility index (Phi) is 3.80. The zero-order valence-corrected chi connectivity index (χ0v) is 18.7. The van der Waals surface area contributed by atoms with Crippen molar-refractivity contribution < 1.29 is 0 Å². The number of nitrogens with zero attached hydrogens (tertiary/aromatic N) is 2. The fraction of sp³-hybridized carbons (Fsp3) is 0.154. The summed E-state index contributed by atoms with van der Waals surface area (Å²) in [5.41, 5.74) is 4.65. The van der Waals surface area contributed by atoms with E-state index < -0.39 is 0 Å². The van der Waals surface area contributed by atoms with Gasteiger partial charge in [-0.2, -0.15) is 0 Å². The minimum atomic E-state index is 0.0479. The molecule has 0 fully saturated rings. The molecule has 30 heavy (non-hydrogen) atoms. The second-order valence-corrected chi connectivity index (χ2v) is 10.8. The third-order valence-corrected chi connectivity index (χ3v) is 7.80. The van der Waals surface area contributed by atoms with Gasteiger partial charge in [-0.15, -0.1) is 22.7 Å². The lowest BCUT2D eigenvalue weighted by atomic mass is 9.82. The quantitative estimate of drug-likeness (QED) is 0.266. The molecule has 0 aliphatic rings. The lowest BCUT2D eigenvalue weighted by Crippen LogP contribution is -2.12. The molecule has 0 bridgehead atoms. The molecule has 0 amide bonds. The van der Waals surface area contributed by atoms with Crippen LogP contribution in [0.4, 0.5) is 0 Å². The van der Waals surface area contributed by atoms with E-state index in [-0.39, 0.29) is 5.41 Å². The van der Waals surface area contributed by atoms with Crippen LogP contribution in [0.25, 0.3) is 52.4 Å². The van der Waals surface area contributed by atoms with Gasteiger partial charge in [0.15, 0.2) is 0 Å². The fourth-order valence-electron chi connectivity index (χ4n) is 4.31. The van der Waals surface area contributed by atoms with E-state index in [9.17, 15) is 0 Å². The molecule has 6 aromatic rings. The number of aromatic nitrogens is 2. The molecular formula is C26H20N2S2. The molecule has 0 atom stereocenters. The maximum absolute atomic E-state index is 4.76. The van der Waals surface area contributed by atoms with Crippen LogP contribution < -0.4 is 0 Å². The van der Waals surface area contributed by atoms with Gasteiger partial charge in [-0.1, -0.05) is 45.0 Å². The van der Waals surface area contributed by atoms with E-state index in [1.807, 2.05) is 0 Å². The minimum Gasteiger partial charge on any atom is -0.235 e. The van der Waals surface area contributed by atoms with Crippen molar-refractivity contribution in [1.29, 1.82) is 0 Å². The van der Waals surface area contributed by atoms with Gasteiger partial charge in [0.05, 0.1) is 15.9 Å². The Morgan fingerprint density at radius 3 is 2.53 bits per heavy atom. The highest BCUT2D eigenvalue weighted by Crippen LogP contribution is 2.42. The van der Waals surface area contributed by atoms with Gasteiger partial charge in [-0.25, -0.2) is 9.97 Å². The molecule has 2 nitrogen and oxygen atoms in total. The van der Waals surface area contributed by atoms with Crippen LogP contribution in [0, 0.1) is 0 Å². The first-order valence-corrected chi connectivity index (χ1v) is 11.8. The Morgan fingerprint density at radius 2 is 1.67 bits per heavy atom. The van der Waals surface area contributed by atoms with Crippen LogP contribution in [0.3, 0.4) is 0 Å². The Bertz CT molecular complexity index is 1580. The number of rotatable bonds is 1. The van der Waals surface area contributed by atoms with Gasteiger partial charge in [0, 0.05) is 20.3 Å². The Hall–Kier alpha value is -2.82. The van der Waals surface area contributed by atoms with Crippen molar-refractivity contribution in [2.45, 2.75) is 26.2 Å². The lowest BCUT2D eigenvalue weighted by molar-refractivity contribution is 0.596. The summed E-state index contributed by atoms with van der Waals surface area (Å²) in [6, 6.07) is 20.0. The van der Waals surface area contributed by atoms with Crippen molar-refractivity contribution in [3.8, 4) is 11.3 Å². The lowest BCUT2D eigenvalue weighted by Gasteiger charge is -2.22. The number of thiophene rings is 2. The number of benzene rings is 3. The average molecular weight is 425 g/mol. The number of hydrogen-bond acceptors (Lipinski definition) is 4. The van der Waals surface area contributed by atoms with Gasteiger partial charge < -0.3 is 0 Å². The molecule has 0 N–H and O–H groups in total. The molecule has 3 aromatic carbocycles. The Balaban J connectivity index is 1.68. The van der Waals surface area contributed by atoms with Gasteiger partial charge in [0.2, 0.25) is 0 Å². The van der Waals surface area contributed by atoms with Crippen molar-refractivity contribution in [2.24, 2.45) is 0 Å². The highest BCUT2D eigenvalue weighted by Gasteiger charge is 2.20. The molecule has 6 rings (SSSR count). The standard InChI is InChI=1S/C26H20N2S2/c1-26(2,3)20-12-17(10-15-6-4-5-7-18(15)20)23-25-24(28-14-27-23)19-11-16-8-9-29-21(16)13-22(19)30-25/h4-14H,1-3H3. The molecule has 0 unspecified atom stereocenters. The first-order chi connectivity index (χ1) is 14.5. The maximum Gasteiger partial charge on any atom is 0.116 e. The SMILES string of the molecule is CC(C)(C)c1cc(-c2ncnc3c2sc2cc4sccc4cc23)cc2ccccc12. The summed E-state index contributed by atoms with van der Waals surface area (Å²) in [7, 11) is 0. The van der Waals surface area contributed by atoms with Crippen LogP contribution in [-0.4, -0.2) is 9.97 Å². The third-order valence-electron chi connectivity index (χ3n) is 5.77. The van der Waals surface area contributed by atoms with Crippen LogP contribution in [0.1, 0.15) is 26.3 Å². The van der Waals surface area contributed by atoms with Crippen molar-refractivity contribution in [3.05, 3.63) is 71.9 Å². The van der Waals surface area contributed by atoms with Crippen LogP contribution in [0.15, 0.2) is 66.3 Å². The Morgan fingerprint density at radius 1 is 0.800 bits per heavy atom. The van der Waals surface area contributed by atoms with E-state index in [4.69, 9.17) is 4.98 Å². The molecule has 0 saturated heterocycles. The molecule has 4 heteroatoms. The van der Waals surface area contributed by atoms with E-state index in [0.717, 1.165) is 11.2 Å². The molecule has 0 aliphatic heterocycles. The molecule has 3 aromatic heterocycles. The van der Waals surface area contributed by atoms with E-state index in [1.54, 1.807) is 29.0 Å². The summed E-state index contributed by atoms with van der Waals surface area (Å²) < 4.78 is 3.77. The largest absolute Gasteiger partial charge is 0.235 e. The van der Waals surface area contributed by atoms with Gasteiger partial charge in [-0.05, 0) is 62.8 Å². The summed E-state index contributed by atoms with van der Waals surface area (Å²) in [6.45, 7) is 6.83. The number of hydrogen-bond donors (Lipinski definition) is 0. The fourth-order valence-corrected chi connectivity index (χ4v) is 6.38. The van der Waals surface area contributed by atoms with Gasteiger partial charge in [0.25, 0.3) is 0 Å². The average Bonchev–Trinajstić information content (AvgIpc) is 3.33. The van der Waals surface area contributed by atoms with Crippen molar-refractivity contribution in [1.82, 2.24) is 9.97 Å². The predicted octanol–water partition coefficient (Wildman–Crippen LogP) is 8.18. The zero-order valence-electron chi connectivity index (χ0n) is 17.1. The molecule has 146 valence electrons. The zero-order chi connectivity index (χ0) is 20.5. The van der Waals surface area contributed by atoms with Gasteiger partial charge in [0.1, 0.15) is 6.33 Å². The summed E-state index contributed by atoms with van der Waals surface area (Å²) in [5.74, 6) is 0. The normalized spacial score (nSPS) is 12.5. The summed E-state index contributed by atoms with van der Waals surface area (Å²) in [6.07, 6.45) is 1.72. The predicted molar refractivity (Wildman–Crippen MR) is 132 cm³/mol. The topological polar surface area (TPSA) is 25.8 Å². The smallest absolute Gasteiger partial charge is 0.116 e. The second kappa shape index (κ2) is 6.34. The highest BCUT2D eigenvalue weighted by atomic mass is 32.1. The Labute approximate surface area is 182 Å². The molecule has 0 saturated carbocycles. The van der Waals surface area contributed by atoms with Gasteiger partial charge in [-0.3, -0.25) is 0 Å². The van der Waals surface area contributed by atoms with E-state index >= 15 is 0 Å². The van der Waals surface area contributed by atoms with Crippen molar-refractivity contribution in [2.75, 3.05) is 0 Å². The summed E-state index contributed by atoms with van der Waals surface area (Å²) in [5, 5.41) is 7.23. The molecular weight excluding hydrogens is 404 g/mol. The van der Waals surface area contributed by atoms with E-state index in [2.05, 4.69) is 85.7 Å². The second-order valence-electron chi connectivity index (χ2n) is 8.80.